The third-order valence-corrected chi connectivity index (χ3v) is 7.72. The smallest absolute Gasteiger partial charge is 0.175 e. The molecule has 0 aromatic heterocycles. The van der Waals surface area contributed by atoms with E-state index >= 15 is 0 Å². The zero-order chi connectivity index (χ0) is 25.9. The molecule has 0 unspecified atom stereocenters. The van der Waals surface area contributed by atoms with Crippen molar-refractivity contribution in [2.45, 2.75) is 30.6 Å². The minimum atomic E-state index is -3.48. The largest absolute Gasteiger partial charge is 0.456 e. The van der Waals surface area contributed by atoms with Gasteiger partial charge in [0.15, 0.2) is 9.84 Å². The lowest BCUT2D eigenvalue weighted by molar-refractivity contribution is -0.432. The first-order valence-electron chi connectivity index (χ1n) is 11.6. The number of fused-ring (bicyclic) bond motifs is 2. The van der Waals surface area contributed by atoms with Crippen molar-refractivity contribution in [2.24, 2.45) is 4.99 Å². The van der Waals surface area contributed by atoms with Crippen LogP contribution in [-0.4, -0.2) is 39.6 Å². The highest BCUT2D eigenvalue weighted by atomic mass is 32.2. The summed E-state index contributed by atoms with van der Waals surface area (Å²) in [5.41, 5.74) is 4.08. The summed E-state index contributed by atoms with van der Waals surface area (Å²) in [6.45, 7) is 8.53. The fraction of sp³-hybridized carbons (Fsp3) is 0.269. The highest BCUT2D eigenvalue weighted by Crippen LogP contribution is 2.44. The van der Waals surface area contributed by atoms with Crippen molar-refractivity contribution in [3.63, 3.8) is 0 Å². The maximum atomic E-state index is 12.2. The van der Waals surface area contributed by atoms with E-state index in [1.165, 1.54) is 6.07 Å². The molecule has 4 rings (SSSR count). The van der Waals surface area contributed by atoms with Crippen LogP contribution in [0, 0.1) is 0 Å². The minimum Gasteiger partial charge on any atom is -0.456 e. The highest BCUT2D eigenvalue weighted by molar-refractivity contribution is 7.94. The third-order valence-electron chi connectivity index (χ3n) is 5.96. The van der Waals surface area contributed by atoms with Crippen LogP contribution in [0.15, 0.2) is 73.8 Å². The first-order valence-corrected chi connectivity index (χ1v) is 14.2. The van der Waals surface area contributed by atoms with Crippen LogP contribution in [0.25, 0.3) is 33.4 Å². The summed E-state index contributed by atoms with van der Waals surface area (Å²) in [5, 5.41) is 14.3. The Bertz CT molecular complexity index is 1530. The van der Waals surface area contributed by atoms with Crippen LogP contribution in [0.1, 0.15) is 20.8 Å². The standard InChI is InChI=1S/C26H28N2O6S2/c1-5-27-17-8-11-20-23(14-17)32-24-15-18(28(6-2)7-3)9-12-21(24)26(20)22-13-10-19(36(4,30)31)16-25(22)35-34-33-29/h8-16,29H,5-7H2,1-4H3. The molecule has 1 heterocycles. The number of rotatable bonds is 9. The van der Waals surface area contributed by atoms with Crippen molar-refractivity contribution in [3.05, 3.63) is 60.0 Å². The summed E-state index contributed by atoms with van der Waals surface area (Å²) in [6.07, 6.45) is 1.14. The Kier molecular flexibility index (Phi) is 8.01. The van der Waals surface area contributed by atoms with Gasteiger partial charge in [0, 0.05) is 65.1 Å². The number of anilines is 1. The lowest BCUT2D eigenvalue weighted by Crippen LogP contribution is -2.21. The molecule has 0 bridgehead atoms. The molecule has 1 aliphatic heterocycles. The molecular weight excluding hydrogens is 500 g/mol. The quantitative estimate of drug-likeness (QED) is 0.126. The fourth-order valence-corrected chi connectivity index (χ4v) is 5.55. The molecule has 2 aromatic rings. The van der Waals surface area contributed by atoms with E-state index in [-0.39, 0.29) is 4.90 Å². The molecule has 0 atom stereocenters. The van der Waals surface area contributed by atoms with Gasteiger partial charge < -0.3 is 9.32 Å². The molecule has 0 amide bonds. The van der Waals surface area contributed by atoms with Gasteiger partial charge >= 0.3 is 0 Å². The summed E-state index contributed by atoms with van der Waals surface area (Å²) in [4.78, 5) is 7.31. The summed E-state index contributed by atoms with van der Waals surface area (Å²) >= 11 is 0.722. The van der Waals surface area contributed by atoms with E-state index in [0.717, 1.165) is 58.9 Å². The number of benzene rings is 3. The lowest BCUT2D eigenvalue weighted by Gasteiger charge is -2.22. The van der Waals surface area contributed by atoms with Crippen LogP contribution in [0.4, 0.5) is 5.69 Å². The Morgan fingerprint density at radius 2 is 1.75 bits per heavy atom. The molecule has 8 nitrogen and oxygen atoms in total. The van der Waals surface area contributed by atoms with Crippen LogP contribution in [0.5, 0.6) is 0 Å². The third kappa shape index (κ3) is 5.28. The van der Waals surface area contributed by atoms with Crippen LogP contribution in [0.3, 0.4) is 0 Å². The van der Waals surface area contributed by atoms with Gasteiger partial charge in [-0.15, -0.1) is 4.33 Å². The molecule has 10 heteroatoms. The number of nitrogens with zero attached hydrogens (tertiary/aromatic N) is 2. The maximum absolute atomic E-state index is 12.2. The Balaban J connectivity index is 2.08. The second-order valence-electron chi connectivity index (χ2n) is 8.14. The van der Waals surface area contributed by atoms with Crippen LogP contribution < -0.4 is 10.3 Å². The Hall–Kier alpha value is -2.89. The maximum Gasteiger partial charge on any atom is 0.175 e. The molecule has 0 spiro atoms. The topological polar surface area (TPSA) is 102 Å². The summed E-state index contributed by atoms with van der Waals surface area (Å²) in [7, 11) is -3.48. The predicted octanol–water partition coefficient (Wildman–Crippen LogP) is 5.80. The van der Waals surface area contributed by atoms with Crippen molar-refractivity contribution in [2.75, 3.05) is 30.8 Å². The van der Waals surface area contributed by atoms with E-state index in [9.17, 15) is 8.42 Å². The van der Waals surface area contributed by atoms with Crippen molar-refractivity contribution in [1.29, 1.82) is 0 Å². The molecule has 36 heavy (non-hydrogen) atoms. The van der Waals surface area contributed by atoms with Crippen LogP contribution in [0.2, 0.25) is 0 Å². The number of sulfone groups is 1. The molecule has 0 saturated heterocycles. The molecule has 0 fully saturated rings. The molecule has 190 valence electrons. The molecule has 2 aliphatic rings. The van der Waals surface area contributed by atoms with E-state index in [1.807, 2.05) is 43.3 Å². The van der Waals surface area contributed by atoms with Crippen LogP contribution >= 0.6 is 12.0 Å². The molecular formula is C26H28N2O6S2. The van der Waals surface area contributed by atoms with Gasteiger partial charge in [-0.05, 0) is 62.7 Å². The van der Waals surface area contributed by atoms with Crippen LogP contribution in [-0.2, 0) is 19.2 Å². The Morgan fingerprint density at radius 1 is 1.00 bits per heavy atom. The normalized spacial score (nSPS) is 12.5. The Morgan fingerprint density at radius 3 is 2.42 bits per heavy atom. The van der Waals surface area contributed by atoms with Crippen molar-refractivity contribution >= 4 is 38.5 Å². The zero-order valence-electron chi connectivity index (χ0n) is 20.5. The monoisotopic (exact) mass is 528 g/mol. The number of hydrogen-bond donors (Lipinski definition) is 1. The zero-order valence-corrected chi connectivity index (χ0v) is 22.1. The number of hydrogen-bond acceptors (Lipinski definition) is 9. The predicted molar refractivity (Wildman–Crippen MR) is 142 cm³/mol. The van der Waals surface area contributed by atoms with E-state index in [1.54, 1.807) is 12.1 Å². The van der Waals surface area contributed by atoms with Gasteiger partial charge in [0.1, 0.15) is 11.3 Å². The van der Waals surface area contributed by atoms with Crippen molar-refractivity contribution in [1.82, 2.24) is 0 Å². The van der Waals surface area contributed by atoms with Gasteiger partial charge in [0.2, 0.25) is 0 Å². The van der Waals surface area contributed by atoms with Gasteiger partial charge in [0.05, 0.1) is 22.3 Å². The van der Waals surface area contributed by atoms with Gasteiger partial charge in [-0.3, -0.25) is 4.99 Å². The molecule has 1 aliphatic carbocycles. The summed E-state index contributed by atoms with van der Waals surface area (Å²) in [6, 6.07) is 16.6. The average molecular weight is 529 g/mol. The second kappa shape index (κ2) is 11.0. The second-order valence-corrected chi connectivity index (χ2v) is 10.9. The molecule has 0 saturated carbocycles. The van der Waals surface area contributed by atoms with Gasteiger partial charge in [-0.2, -0.15) is 0 Å². The van der Waals surface area contributed by atoms with E-state index in [2.05, 4.69) is 28.8 Å². The fourth-order valence-electron chi connectivity index (χ4n) is 4.28. The first kappa shape index (κ1) is 26.2. The average Bonchev–Trinajstić information content (AvgIpc) is 2.86. The van der Waals surface area contributed by atoms with Gasteiger partial charge in [-0.25, -0.2) is 13.7 Å². The van der Waals surface area contributed by atoms with E-state index in [0.29, 0.717) is 28.3 Å². The molecule has 0 radical (unpaired) electrons. The lowest BCUT2D eigenvalue weighted by atomic mass is 9.93. The van der Waals surface area contributed by atoms with Gasteiger partial charge in [-0.1, -0.05) is 11.1 Å². The van der Waals surface area contributed by atoms with Crippen molar-refractivity contribution in [3.8, 4) is 22.5 Å². The van der Waals surface area contributed by atoms with Crippen molar-refractivity contribution < 1.29 is 27.5 Å². The highest BCUT2D eigenvalue weighted by Gasteiger charge is 2.22. The summed E-state index contributed by atoms with van der Waals surface area (Å²) in [5.74, 6) is 0.645. The first-order chi connectivity index (χ1) is 17.3. The van der Waals surface area contributed by atoms with E-state index < -0.39 is 9.84 Å². The minimum absolute atomic E-state index is 0.123. The molecule has 2 aromatic carbocycles. The Labute approximate surface area is 214 Å². The van der Waals surface area contributed by atoms with E-state index in [4.69, 9.17) is 14.0 Å². The SMILES string of the molecule is CCN=c1ccc2c(-c3ccc(S(C)(=O)=O)cc3SOOO)c3ccc(N(CC)CC)cc3oc-2c1. The van der Waals surface area contributed by atoms with Gasteiger partial charge in [0.25, 0.3) is 0 Å². The summed E-state index contributed by atoms with van der Waals surface area (Å²) < 4.78 is 35.6. The molecule has 1 N–H and O–H groups in total.